The highest BCUT2D eigenvalue weighted by Gasteiger charge is 2.20. The molecule has 0 aromatic rings. The van der Waals surface area contributed by atoms with Gasteiger partial charge in [0.05, 0.1) is 0 Å². The van der Waals surface area contributed by atoms with Gasteiger partial charge in [-0.05, 0) is 12.8 Å². The molecule has 0 aromatic carbocycles. The Hall–Kier alpha value is -1.06. The summed E-state index contributed by atoms with van der Waals surface area (Å²) in [6.45, 7) is 3.91. The molecule has 0 aromatic heterocycles. The van der Waals surface area contributed by atoms with Gasteiger partial charge < -0.3 is 9.84 Å². The average molecular weight is 216 g/mol. The Bertz CT molecular complexity index is 201. The van der Waals surface area contributed by atoms with Gasteiger partial charge in [0.1, 0.15) is 0 Å². The van der Waals surface area contributed by atoms with E-state index in [1.807, 2.05) is 13.8 Å². The van der Waals surface area contributed by atoms with Crippen molar-refractivity contribution in [3.63, 3.8) is 0 Å². The third kappa shape index (κ3) is 6.94. The van der Waals surface area contributed by atoms with Crippen LogP contribution in [0.25, 0.3) is 0 Å². The van der Waals surface area contributed by atoms with Crippen LogP contribution in [0.1, 0.15) is 52.4 Å². The van der Waals surface area contributed by atoms with Crippen LogP contribution in [0, 0.1) is 0 Å². The van der Waals surface area contributed by atoms with Crippen LogP contribution in [0.15, 0.2) is 0 Å². The normalized spacial score (nSPS) is 12.1. The van der Waals surface area contributed by atoms with E-state index in [2.05, 4.69) is 0 Å². The summed E-state index contributed by atoms with van der Waals surface area (Å²) >= 11 is 0. The van der Waals surface area contributed by atoms with Gasteiger partial charge in [-0.25, -0.2) is 4.79 Å². The summed E-state index contributed by atoms with van der Waals surface area (Å²) < 4.78 is 4.86. The molecule has 0 spiro atoms. The first-order valence-corrected chi connectivity index (χ1v) is 5.54. The Labute approximate surface area is 90.6 Å². The van der Waals surface area contributed by atoms with Crippen LogP contribution < -0.4 is 0 Å². The molecule has 4 nitrogen and oxygen atoms in total. The van der Waals surface area contributed by atoms with Crippen LogP contribution in [0.2, 0.25) is 0 Å². The van der Waals surface area contributed by atoms with Gasteiger partial charge in [-0.2, -0.15) is 0 Å². The number of aliphatic carboxylic acids is 1. The number of hydrogen-bond donors (Lipinski definition) is 1. The standard InChI is InChI=1S/C11H20O4/c1-3-5-6-8-10(12)15-9(7-4-2)11(13)14/h9H,3-8H2,1-2H3,(H,13,14). The third-order valence-corrected chi connectivity index (χ3v) is 2.08. The van der Waals surface area contributed by atoms with Crippen LogP contribution in [-0.4, -0.2) is 23.1 Å². The molecule has 0 bridgehead atoms. The van der Waals surface area contributed by atoms with Gasteiger partial charge in [0.15, 0.2) is 6.10 Å². The Balaban J connectivity index is 3.84. The van der Waals surface area contributed by atoms with Crippen molar-refractivity contribution in [2.45, 2.75) is 58.5 Å². The summed E-state index contributed by atoms with van der Waals surface area (Å²) in [6, 6.07) is 0. The van der Waals surface area contributed by atoms with E-state index in [-0.39, 0.29) is 0 Å². The van der Waals surface area contributed by atoms with E-state index in [0.717, 1.165) is 19.3 Å². The van der Waals surface area contributed by atoms with Crippen molar-refractivity contribution < 1.29 is 19.4 Å². The number of rotatable bonds is 8. The first-order chi connectivity index (χ1) is 7.11. The smallest absolute Gasteiger partial charge is 0.345 e. The second kappa shape index (κ2) is 8.26. The second-order valence-electron chi connectivity index (χ2n) is 3.56. The van der Waals surface area contributed by atoms with E-state index in [1.54, 1.807) is 0 Å². The van der Waals surface area contributed by atoms with E-state index in [9.17, 15) is 9.59 Å². The first-order valence-electron chi connectivity index (χ1n) is 5.54. The lowest BCUT2D eigenvalue weighted by Gasteiger charge is -2.12. The zero-order valence-corrected chi connectivity index (χ0v) is 9.49. The molecule has 0 aliphatic rings. The lowest BCUT2D eigenvalue weighted by Crippen LogP contribution is -2.26. The average Bonchev–Trinajstić information content (AvgIpc) is 2.17. The fourth-order valence-corrected chi connectivity index (χ4v) is 1.23. The molecular weight excluding hydrogens is 196 g/mol. The van der Waals surface area contributed by atoms with Gasteiger partial charge in [-0.15, -0.1) is 0 Å². The lowest BCUT2D eigenvalue weighted by molar-refractivity contribution is -0.164. The largest absolute Gasteiger partial charge is 0.479 e. The maximum absolute atomic E-state index is 11.2. The van der Waals surface area contributed by atoms with E-state index >= 15 is 0 Å². The molecule has 0 saturated carbocycles. The minimum absolute atomic E-state index is 0.321. The molecule has 1 N–H and O–H groups in total. The fraction of sp³-hybridized carbons (Fsp3) is 0.818. The van der Waals surface area contributed by atoms with E-state index in [1.165, 1.54) is 0 Å². The fourth-order valence-electron chi connectivity index (χ4n) is 1.23. The van der Waals surface area contributed by atoms with Gasteiger partial charge in [0, 0.05) is 6.42 Å². The summed E-state index contributed by atoms with van der Waals surface area (Å²) in [5, 5.41) is 8.75. The zero-order chi connectivity index (χ0) is 11.7. The van der Waals surface area contributed by atoms with Crippen LogP contribution in [0.3, 0.4) is 0 Å². The van der Waals surface area contributed by atoms with Crippen LogP contribution in [-0.2, 0) is 14.3 Å². The van der Waals surface area contributed by atoms with E-state index < -0.39 is 18.0 Å². The number of esters is 1. The minimum atomic E-state index is -1.05. The van der Waals surface area contributed by atoms with Gasteiger partial charge >= 0.3 is 11.9 Å². The van der Waals surface area contributed by atoms with Crippen molar-refractivity contribution in [1.29, 1.82) is 0 Å². The highest BCUT2D eigenvalue weighted by Crippen LogP contribution is 2.07. The summed E-state index contributed by atoms with van der Waals surface area (Å²) in [7, 11) is 0. The van der Waals surface area contributed by atoms with Gasteiger partial charge in [0.25, 0.3) is 0 Å². The Morgan fingerprint density at radius 3 is 2.33 bits per heavy atom. The molecule has 1 atom stereocenters. The minimum Gasteiger partial charge on any atom is -0.479 e. The van der Waals surface area contributed by atoms with Crippen LogP contribution >= 0.6 is 0 Å². The van der Waals surface area contributed by atoms with Crippen molar-refractivity contribution in [1.82, 2.24) is 0 Å². The lowest BCUT2D eigenvalue weighted by atomic mass is 10.2. The molecule has 88 valence electrons. The molecule has 0 rings (SSSR count). The zero-order valence-electron chi connectivity index (χ0n) is 9.49. The molecule has 0 aliphatic carbocycles. The Morgan fingerprint density at radius 2 is 1.87 bits per heavy atom. The number of carbonyl (C=O) groups excluding carboxylic acids is 1. The monoisotopic (exact) mass is 216 g/mol. The van der Waals surface area contributed by atoms with Crippen molar-refractivity contribution in [3.05, 3.63) is 0 Å². The third-order valence-electron chi connectivity index (χ3n) is 2.08. The van der Waals surface area contributed by atoms with Crippen molar-refractivity contribution >= 4 is 11.9 Å². The number of carbonyl (C=O) groups is 2. The highest BCUT2D eigenvalue weighted by atomic mass is 16.6. The predicted octanol–water partition coefficient (Wildman–Crippen LogP) is 2.36. The molecule has 1 unspecified atom stereocenters. The summed E-state index contributed by atoms with van der Waals surface area (Å²) in [4.78, 5) is 21.9. The van der Waals surface area contributed by atoms with Gasteiger partial charge in [0.2, 0.25) is 0 Å². The van der Waals surface area contributed by atoms with E-state index in [0.29, 0.717) is 19.3 Å². The highest BCUT2D eigenvalue weighted by molar-refractivity contribution is 5.77. The maximum atomic E-state index is 11.2. The van der Waals surface area contributed by atoms with Crippen molar-refractivity contribution in [3.8, 4) is 0 Å². The number of unbranched alkanes of at least 4 members (excludes halogenated alkanes) is 2. The molecule has 4 heteroatoms. The number of carboxylic acid groups (broad SMARTS) is 1. The molecule has 0 fully saturated rings. The van der Waals surface area contributed by atoms with Crippen LogP contribution in [0.4, 0.5) is 0 Å². The molecule has 0 aliphatic heterocycles. The first kappa shape index (κ1) is 13.9. The van der Waals surface area contributed by atoms with Crippen LogP contribution in [0.5, 0.6) is 0 Å². The quantitative estimate of drug-likeness (QED) is 0.499. The molecule has 0 saturated heterocycles. The number of hydrogen-bond acceptors (Lipinski definition) is 3. The Morgan fingerprint density at radius 1 is 1.20 bits per heavy atom. The summed E-state index contributed by atoms with van der Waals surface area (Å²) in [6.07, 6.45) is 3.21. The van der Waals surface area contributed by atoms with Crippen molar-refractivity contribution in [2.24, 2.45) is 0 Å². The molecule has 15 heavy (non-hydrogen) atoms. The van der Waals surface area contributed by atoms with Crippen molar-refractivity contribution in [2.75, 3.05) is 0 Å². The Kier molecular flexibility index (Phi) is 7.68. The molecular formula is C11H20O4. The summed E-state index contributed by atoms with van der Waals surface area (Å²) in [5.41, 5.74) is 0. The summed E-state index contributed by atoms with van der Waals surface area (Å²) in [5.74, 6) is -1.45. The van der Waals surface area contributed by atoms with Gasteiger partial charge in [-0.1, -0.05) is 33.1 Å². The molecule has 0 amide bonds. The van der Waals surface area contributed by atoms with Gasteiger partial charge in [-0.3, -0.25) is 4.79 Å². The second-order valence-corrected chi connectivity index (χ2v) is 3.56. The predicted molar refractivity (Wildman–Crippen MR) is 56.6 cm³/mol. The topological polar surface area (TPSA) is 63.6 Å². The van der Waals surface area contributed by atoms with E-state index in [4.69, 9.17) is 9.84 Å². The molecule has 0 heterocycles. The number of ether oxygens (including phenoxy) is 1. The SMILES string of the molecule is CCCCCC(=O)OC(CCC)C(=O)O. The number of carboxylic acids is 1. The molecule has 0 radical (unpaired) electrons. The maximum Gasteiger partial charge on any atom is 0.345 e.